The third kappa shape index (κ3) is 2.62. The van der Waals surface area contributed by atoms with E-state index in [1.807, 2.05) is 0 Å². The van der Waals surface area contributed by atoms with E-state index >= 15 is 0 Å². The average molecular weight is 256 g/mol. The van der Waals surface area contributed by atoms with Gasteiger partial charge in [-0.1, -0.05) is 0 Å². The van der Waals surface area contributed by atoms with Gasteiger partial charge in [-0.15, -0.1) is 12.4 Å². The molecule has 0 aromatic carbocycles. The molecule has 2 bridgehead atoms. The van der Waals surface area contributed by atoms with Crippen LogP contribution in [0.5, 0.6) is 0 Å². The van der Waals surface area contributed by atoms with Crippen LogP contribution in [0.15, 0.2) is 0 Å². The van der Waals surface area contributed by atoms with Crippen molar-refractivity contribution >= 4 is 22.6 Å². The minimum absolute atomic E-state index is 0. The van der Waals surface area contributed by atoms with E-state index in [-0.39, 0.29) is 18.4 Å². The van der Waals surface area contributed by atoms with Crippen molar-refractivity contribution in [3.05, 3.63) is 0 Å². The first kappa shape index (κ1) is 13.2. The molecule has 3 N–H and O–H groups in total. The summed E-state index contributed by atoms with van der Waals surface area (Å²) in [6, 6.07) is 0.246. The molecule has 0 aromatic heterocycles. The van der Waals surface area contributed by atoms with Crippen LogP contribution in [0, 0.1) is 5.92 Å². The van der Waals surface area contributed by atoms with Crippen molar-refractivity contribution in [1.82, 2.24) is 9.03 Å². The van der Waals surface area contributed by atoms with Crippen molar-refractivity contribution in [2.45, 2.75) is 25.3 Å². The zero-order chi connectivity index (χ0) is 10.2. The van der Waals surface area contributed by atoms with Crippen LogP contribution in [0.3, 0.4) is 0 Å². The standard InChI is InChI=1S/C8H17N3O2S.ClH/c9-3-4-10-14(12,13)11-6-7-1-2-8(11)5-7;/h7-8,10H,1-6,9H2;1H. The zero-order valence-corrected chi connectivity index (χ0v) is 10.2. The Hall–Kier alpha value is 0.120. The zero-order valence-electron chi connectivity index (χ0n) is 8.55. The highest BCUT2D eigenvalue weighted by Gasteiger charge is 2.43. The van der Waals surface area contributed by atoms with Crippen molar-refractivity contribution in [2.24, 2.45) is 11.7 Å². The van der Waals surface area contributed by atoms with Gasteiger partial charge in [0.1, 0.15) is 0 Å². The predicted molar refractivity (Wildman–Crippen MR) is 61.1 cm³/mol. The molecule has 0 amide bonds. The maximum absolute atomic E-state index is 11.7. The lowest BCUT2D eigenvalue weighted by Gasteiger charge is -2.25. The van der Waals surface area contributed by atoms with Gasteiger partial charge < -0.3 is 5.73 Å². The summed E-state index contributed by atoms with van der Waals surface area (Å²) in [6.07, 6.45) is 3.26. The molecule has 2 unspecified atom stereocenters. The first-order valence-electron chi connectivity index (χ1n) is 5.10. The van der Waals surface area contributed by atoms with Gasteiger partial charge in [-0.25, -0.2) is 4.72 Å². The molecule has 2 rings (SSSR count). The summed E-state index contributed by atoms with van der Waals surface area (Å²) in [4.78, 5) is 0. The molecule has 1 aliphatic carbocycles. The summed E-state index contributed by atoms with van der Waals surface area (Å²) >= 11 is 0. The normalized spacial score (nSPS) is 30.5. The largest absolute Gasteiger partial charge is 0.329 e. The van der Waals surface area contributed by atoms with Crippen LogP contribution in [0.4, 0.5) is 0 Å². The minimum Gasteiger partial charge on any atom is -0.329 e. The number of hydrogen-bond donors (Lipinski definition) is 2. The predicted octanol–water partition coefficient (Wildman–Crippen LogP) is -0.314. The molecule has 5 nitrogen and oxygen atoms in total. The van der Waals surface area contributed by atoms with Crippen molar-refractivity contribution < 1.29 is 8.42 Å². The Balaban J connectivity index is 0.00000112. The number of rotatable bonds is 4. The maximum Gasteiger partial charge on any atom is 0.279 e. The van der Waals surface area contributed by atoms with Gasteiger partial charge in [-0.05, 0) is 25.2 Å². The number of hydrogen-bond acceptors (Lipinski definition) is 3. The lowest BCUT2D eigenvalue weighted by molar-refractivity contribution is 0.329. The van der Waals surface area contributed by atoms with E-state index in [9.17, 15) is 8.42 Å². The highest BCUT2D eigenvalue weighted by molar-refractivity contribution is 7.87. The molecule has 7 heteroatoms. The average Bonchev–Trinajstić information content (AvgIpc) is 2.75. The summed E-state index contributed by atoms with van der Waals surface area (Å²) in [7, 11) is -3.25. The van der Waals surface area contributed by atoms with E-state index in [0.717, 1.165) is 12.8 Å². The number of fused-ring (bicyclic) bond motifs is 2. The first-order valence-corrected chi connectivity index (χ1v) is 6.54. The molecule has 0 aromatic rings. The number of nitrogens with one attached hydrogen (secondary N) is 1. The molecule has 1 saturated heterocycles. The summed E-state index contributed by atoms with van der Waals surface area (Å²) in [6.45, 7) is 1.38. The molecule has 2 atom stereocenters. The van der Waals surface area contributed by atoms with Crippen LogP contribution in [0.2, 0.25) is 0 Å². The van der Waals surface area contributed by atoms with Crippen molar-refractivity contribution in [2.75, 3.05) is 19.6 Å². The Morgan fingerprint density at radius 2 is 2.13 bits per heavy atom. The lowest BCUT2D eigenvalue weighted by Crippen LogP contribution is -2.46. The molecule has 2 fully saturated rings. The fourth-order valence-corrected chi connectivity index (χ4v) is 3.98. The van der Waals surface area contributed by atoms with Crippen LogP contribution < -0.4 is 10.5 Å². The van der Waals surface area contributed by atoms with Crippen LogP contribution >= 0.6 is 12.4 Å². The fraction of sp³-hybridized carbons (Fsp3) is 1.00. The SMILES string of the molecule is Cl.NCCNS(=O)(=O)N1CC2CCC1C2. The van der Waals surface area contributed by atoms with E-state index < -0.39 is 10.2 Å². The second kappa shape index (κ2) is 4.97. The highest BCUT2D eigenvalue weighted by Crippen LogP contribution is 2.38. The smallest absolute Gasteiger partial charge is 0.279 e. The van der Waals surface area contributed by atoms with Crippen LogP contribution in [0.25, 0.3) is 0 Å². The molecule has 90 valence electrons. The third-order valence-corrected chi connectivity index (χ3v) is 4.73. The van der Waals surface area contributed by atoms with Gasteiger partial charge in [-0.2, -0.15) is 12.7 Å². The Kier molecular flexibility index (Phi) is 4.37. The van der Waals surface area contributed by atoms with Gasteiger partial charge in [0.15, 0.2) is 0 Å². The minimum atomic E-state index is -3.25. The molecule has 1 aliphatic heterocycles. The molecule has 1 saturated carbocycles. The number of halogens is 1. The Bertz CT molecular complexity index is 309. The van der Waals surface area contributed by atoms with Gasteiger partial charge in [0.2, 0.25) is 0 Å². The second-order valence-electron chi connectivity index (χ2n) is 4.09. The number of piperidine rings is 1. The van der Waals surface area contributed by atoms with E-state index in [4.69, 9.17) is 5.73 Å². The number of nitrogens with two attached hydrogens (primary N) is 1. The Morgan fingerprint density at radius 3 is 2.60 bits per heavy atom. The van der Waals surface area contributed by atoms with Gasteiger partial charge in [0, 0.05) is 25.7 Å². The molecule has 15 heavy (non-hydrogen) atoms. The van der Waals surface area contributed by atoms with Gasteiger partial charge in [0.25, 0.3) is 10.2 Å². The van der Waals surface area contributed by atoms with Crippen LogP contribution in [-0.4, -0.2) is 38.4 Å². The summed E-state index contributed by atoms with van der Waals surface area (Å²) < 4.78 is 27.6. The summed E-state index contributed by atoms with van der Waals surface area (Å²) in [5.41, 5.74) is 5.26. The van der Waals surface area contributed by atoms with E-state index in [1.54, 1.807) is 4.31 Å². The lowest BCUT2D eigenvalue weighted by atomic mass is 10.1. The maximum atomic E-state index is 11.7. The fourth-order valence-electron chi connectivity index (χ4n) is 2.44. The Morgan fingerprint density at radius 1 is 1.40 bits per heavy atom. The van der Waals surface area contributed by atoms with Gasteiger partial charge >= 0.3 is 0 Å². The van der Waals surface area contributed by atoms with Gasteiger partial charge in [0.05, 0.1) is 0 Å². The van der Waals surface area contributed by atoms with E-state index in [0.29, 0.717) is 25.6 Å². The van der Waals surface area contributed by atoms with E-state index in [1.165, 1.54) is 6.42 Å². The van der Waals surface area contributed by atoms with Crippen LogP contribution in [0.1, 0.15) is 19.3 Å². The molecule has 0 spiro atoms. The molecule has 2 aliphatic rings. The first-order chi connectivity index (χ1) is 6.63. The monoisotopic (exact) mass is 255 g/mol. The van der Waals surface area contributed by atoms with Crippen LogP contribution in [-0.2, 0) is 10.2 Å². The quantitative estimate of drug-likeness (QED) is 0.723. The van der Waals surface area contributed by atoms with Gasteiger partial charge in [-0.3, -0.25) is 0 Å². The number of nitrogens with zero attached hydrogens (tertiary/aromatic N) is 1. The Labute approximate surface area is 97.0 Å². The summed E-state index contributed by atoms with van der Waals surface area (Å²) in [5.74, 6) is 0.592. The van der Waals surface area contributed by atoms with Crippen molar-refractivity contribution in [3.63, 3.8) is 0 Å². The highest BCUT2D eigenvalue weighted by atomic mass is 35.5. The topological polar surface area (TPSA) is 75.4 Å². The second-order valence-corrected chi connectivity index (χ2v) is 5.80. The molecular weight excluding hydrogens is 238 g/mol. The van der Waals surface area contributed by atoms with Crippen molar-refractivity contribution in [1.29, 1.82) is 0 Å². The third-order valence-electron chi connectivity index (χ3n) is 3.10. The summed E-state index contributed by atoms with van der Waals surface area (Å²) in [5, 5.41) is 0. The molecule has 0 radical (unpaired) electrons. The molecule has 1 heterocycles. The van der Waals surface area contributed by atoms with E-state index in [2.05, 4.69) is 4.72 Å². The van der Waals surface area contributed by atoms with Crippen molar-refractivity contribution in [3.8, 4) is 0 Å². The molecular formula is C8H18ClN3O2S.